The molecule has 92 valence electrons. The maximum Gasteiger partial charge on any atom is 0.409 e. The Hall–Kier alpha value is -0.290. The Morgan fingerprint density at radius 2 is 1.80 bits per heavy atom. The molecule has 1 unspecified atom stereocenters. The van der Waals surface area contributed by atoms with E-state index >= 15 is 0 Å². The molecule has 0 saturated carbocycles. The fourth-order valence-corrected chi connectivity index (χ4v) is 1.51. The number of halogens is 3. The lowest BCUT2D eigenvalue weighted by atomic mass is 9.86. The second-order valence-electron chi connectivity index (χ2n) is 3.98. The molecule has 0 aliphatic carbocycles. The molecule has 0 aliphatic rings. The SMILES string of the molecule is CCCNC(COC)(C(C)C)C(F)(F)F. The summed E-state index contributed by atoms with van der Waals surface area (Å²) in [6.45, 7) is 4.92. The summed E-state index contributed by atoms with van der Waals surface area (Å²) in [5.74, 6) is -0.566. The van der Waals surface area contributed by atoms with Crippen LogP contribution in [0.15, 0.2) is 0 Å². The van der Waals surface area contributed by atoms with Crippen LogP contribution in [0.25, 0.3) is 0 Å². The molecular weight excluding hydrogens is 207 g/mol. The van der Waals surface area contributed by atoms with Crippen molar-refractivity contribution in [3.8, 4) is 0 Å². The first-order chi connectivity index (χ1) is 6.81. The van der Waals surface area contributed by atoms with Gasteiger partial charge < -0.3 is 10.1 Å². The van der Waals surface area contributed by atoms with Gasteiger partial charge in [-0.2, -0.15) is 13.2 Å². The smallest absolute Gasteiger partial charge is 0.382 e. The highest BCUT2D eigenvalue weighted by atomic mass is 19.4. The molecule has 0 aliphatic heterocycles. The fourth-order valence-electron chi connectivity index (χ4n) is 1.51. The predicted octanol–water partition coefficient (Wildman–Crippen LogP) is 2.59. The van der Waals surface area contributed by atoms with E-state index in [9.17, 15) is 13.2 Å². The first-order valence-electron chi connectivity index (χ1n) is 5.12. The predicted molar refractivity (Wildman–Crippen MR) is 53.8 cm³/mol. The van der Waals surface area contributed by atoms with Gasteiger partial charge in [0.05, 0.1) is 6.61 Å². The third-order valence-corrected chi connectivity index (χ3v) is 2.55. The Balaban J connectivity index is 4.90. The van der Waals surface area contributed by atoms with E-state index in [1.165, 1.54) is 7.11 Å². The number of ether oxygens (including phenoxy) is 1. The zero-order valence-electron chi connectivity index (χ0n) is 9.74. The third kappa shape index (κ3) is 3.34. The molecule has 0 radical (unpaired) electrons. The maximum atomic E-state index is 13.0. The first-order valence-corrected chi connectivity index (χ1v) is 5.12. The summed E-state index contributed by atoms with van der Waals surface area (Å²) in [5.41, 5.74) is -1.93. The van der Waals surface area contributed by atoms with Gasteiger partial charge in [0.2, 0.25) is 0 Å². The normalized spacial score (nSPS) is 16.8. The maximum absolute atomic E-state index is 13.0. The molecule has 0 spiro atoms. The van der Waals surface area contributed by atoms with E-state index in [1.807, 2.05) is 6.92 Å². The lowest BCUT2D eigenvalue weighted by molar-refractivity contribution is -0.222. The summed E-state index contributed by atoms with van der Waals surface area (Å²) in [7, 11) is 1.29. The van der Waals surface area contributed by atoms with Gasteiger partial charge in [-0.3, -0.25) is 0 Å². The second-order valence-corrected chi connectivity index (χ2v) is 3.98. The molecule has 1 atom stereocenters. The van der Waals surface area contributed by atoms with Crippen LogP contribution in [-0.2, 0) is 4.74 Å². The van der Waals surface area contributed by atoms with Crippen molar-refractivity contribution in [3.63, 3.8) is 0 Å². The summed E-state index contributed by atoms with van der Waals surface area (Å²) >= 11 is 0. The van der Waals surface area contributed by atoms with Crippen molar-refractivity contribution in [1.82, 2.24) is 5.32 Å². The monoisotopic (exact) mass is 227 g/mol. The minimum Gasteiger partial charge on any atom is -0.382 e. The molecule has 1 N–H and O–H groups in total. The third-order valence-electron chi connectivity index (χ3n) is 2.55. The molecule has 0 aromatic carbocycles. The van der Waals surface area contributed by atoms with Gasteiger partial charge >= 0.3 is 6.18 Å². The number of alkyl halides is 3. The molecule has 5 heteroatoms. The molecule has 2 nitrogen and oxygen atoms in total. The summed E-state index contributed by atoms with van der Waals surface area (Å²) in [5, 5.41) is 2.57. The molecule has 0 bridgehead atoms. The van der Waals surface area contributed by atoms with E-state index in [-0.39, 0.29) is 6.61 Å². The summed E-state index contributed by atoms with van der Waals surface area (Å²) in [6.07, 6.45) is -3.64. The highest BCUT2D eigenvalue weighted by Crippen LogP contribution is 2.36. The number of hydrogen-bond donors (Lipinski definition) is 1. The molecule has 0 amide bonds. The van der Waals surface area contributed by atoms with Crippen LogP contribution in [0, 0.1) is 5.92 Å². The average molecular weight is 227 g/mol. The van der Waals surface area contributed by atoms with Gasteiger partial charge in [0.15, 0.2) is 0 Å². The van der Waals surface area contributed by atoms with Gasteiger partial charge in [-0.05, 0) is 18.9 Å². The van der Waals surface area contributed by atoms with Crippen LogP contribution in [0.5, 0.6) is 0 Å². The number of rotatable bonds is 6. The Kier molecular flexibility index (Phi) is 5.59. The number of hydrogen-bond acceptors (Lipinski definition) is 2. The zero-order chi connectivity index (χ0) is 12.1. The van der Waals surface area contributed by atoms with E-state index in [1.54, 1.807) is 13.8 Å². The van der Waals surface area contributed by atoms with E-state index in [4.69, 9.17) is 4.74 Å². The van der Waals surface area contributed by atoms with Crippen molar-refractivity contribution >= 4 is 0 Å². The van der Waals surface area contributed by atoms with Crippen LogP contribution in [0.1, 0.15) is 27.2 Å². The molecule has 0 fully saturated rings. The van der Waals surface area contributed by atoms with Crippen molar-refractivity contribution in [2.45, 2.75) is 38.9 Å². The molecular formula is C10H20F3NO. The van der Waals surface area contributed by atoms with Crippen molar-refractivity contribution < 1.29 is 17.9 Å². The van der Waals surface area contributed by atoms with Crippen LogP contribution in [0.2, 0.25) is 0 Å². The number of methoxy groups -OCH3 is 1. The molecule has 0 aromatic heterocycles. The Labute approximate surface area is 89.2 Å². The van der Waals surface area contributed by atoms with Gasteiger partial charge in [-0.15, -0.1) is 0 Å². The van der Waals surface area contributed by atoms with Crippen LogP contribution >= 0.6 is 0 Å². The Morgan fingerprint density at radius 1 is 1.27 bits per heavy atom. The zero-order valence-corrected chi connectivity index (χ0v) is 9.74. The number of nitrogens with one attached hydrogen (secondary N) is 1. The van der Waals surface area contributed by atoms with Crippen molar-refractivity contribution in [1.29, 1.82) is 0 Å². The molecule has 15 heavy (non-hydrogen) atoms. The Bertz CT molecular complexity index is 182. The molecule has 0 heterocycles. The van der Waals surface area contributed by atoms with Gasteiger partial charge in [0.25, 0.3) is 0 Å². The topological polar surface area (TPSA) is 21.3 Å². The largest absolute Gasteiger partial charge is 0.409 e. The van der Waals surface area contributed by atoms with Gasteiger partial charge in [0, 0.05) is 7.11 Å². The lowest BCUT2D eigenvalue weighted by Crippen LogP contribution is -2.63. The molecule has 0 rings (SSSR count). The van der Waals surface area contributed by atoms with Crippen LogP contribution in [0.3, 0.4) is 0 Å². The Morgan fingerprint density at radius 3 is 2.07 bits per heavy atom. The van der Waals surface area contributed by atoms with Crippen molar-refractivity contribution in [2.24, 2.45) is 5.92 Å². The summed E-state index contributed by atoms with van der Waals surface area (Å²) < 4.78 is 43.7. The van der Waals surface area contributed by atoms with Crippen LogP contribution < -0.4 is 5.32 Å². The van der Waals surface area contributed by atoms with Gasteiger partial charge in [-0.25, -0.2) is 0 Å². The quantitative estimate of drug-likeness (QED) is 0.753. The first kappa shape index (κ1) is 14.7. The standard InChI is InChI=1S/C10H20F3NO/c1-5-6-14-9(7-15-4,8(2)3)10(11,12)13/h8,14H,5-7H2,1-4H3. The van der Waals surface area contributed by atoms with E-state index in [2.05, 4.69) is 5.32 Å². The highest BCUT2D eigenvalue weighted by molar-refractivity contribution is 4.97. The minimum atomic E-state index is -4.30. The van der Waals surface area contributed by atoms with Gasteiger partial charge in [0.1, 0.15) is 5.54 Å². The summed E-state index contributed by atoms with van der Waals surface area (Å²) in [6, 6.07) is 0. The van der Waals surface area contributed by atoms with E-state index in [0.29, 0.717) is 13.0 Å². The molecule has 0 aromatic rings. The van der Waals surface area contributed by atoms with Crippen LogP contribution in [0.4, 0.5) is 13.2 Å². The second kappa shape index (κ2) is 5.70. The molecule has 0 saturated heterocycles. The van der Waals surface area contributed by atoms with Crippen LogP contribution in [-0.4, -0.2) is 32.0 Å². The summed E-state index contributed by atoms with van der Waals surface area (Å²) in [4.78, 5) is 0. The van der Waals surface area contributed by atoms with Crippen molar-refractivity contribution in [3.05, 3.63) is 0 Å². The average Bonchev–Trinajstić information content (AvgIpc) is 2.09. The minimum absolute atomic E-state index is 0.334. The van der Waals surface area contributed by atoms with E-state index < -0.39 is 17.6 Å². The van der Waals surface area contributed by atoms with Crippen molar-refractivity contribution in [2.75, 3.05) is 20.3 Å². The highest BCUT2D eigenvalue weighted by Gasteiger charge is 2.56. The lowest BCUT2D eigenvalue weighted by Gasteiger charge is -2.39. The fraction of sp³-hybridized carbons (Fsp3) is 1.00. The van der Waals surface area contributed by atoms with E-state index in [0.717, 1.165) is 0 Å². The van der Waals surface area contributed by atoms with Gasteiger partial charge in [-0.1, -0.05) is 20.8 Å².